The van der Waals surface area contributed by atoms with Crippen molar-refractivity contribution in [3.8, 4) is 22.4 Å². The number of aromatic nitrogens is 3. The zero-order valence-electron chi connectivity index (χ0n) is 13.5. The first-order chi connectivity index (χ1) is 12.0. The predicted molar refractivity (Wildman–Crippen MR) is 88.3 cm³/mol. The summed E-state index contributed by atoms with van der Waals surface area (Å²) in [6, 6.07) is 7.65. The van der Waals surface area contributed by atoms with Gasteiger partial charge < -0.3 is 0 Å². The van der Waals surface area contributed by atoms with Crippen molar-refractivity contribution in [2.24, 2.45) is 7.05 Å². The van der Waals surface area contributed by atoms with Gasteiger partial charge in [-0.2, -0.15) is 5.10 Å². The molecule has 0 unspecified atom stereocenters. The van der Waals surface area contributed by atoms with E-state index in [1.165, 1.54) is 25.4 Å². The summed E-state index contributed by atoms with van der Waals surface area (Å²) in [5.74, 6) is -1.15. The summed E-state index contributed by atoms with van der Waals surface area (Å²) in [7, 11) is 3.19. The second-order valence-corrected chi connectivity index (χ2v) is 5.82. The molecule has 0 N–H and O–H groups in total. The lowest BCUT2D eigenvalue weighted by atomic mass is 9.97. The number of hydrogen-bond acceptors (Lipinski definition) is 4. The van der Waals surface area contributed by atoms with E-state index in [2.05, 4.69) is 10.1 Å². The number of aryl methyl sites for hydroxylation is 1. The summed E-state index contributed by atoms with van der Waals surface area (Å²) in [4.78, 5) is 29.8. The summed E-state index contributed by atoms with van der Waals surface area (Å²) >= 11 is 0. The maximum Gasteiger partial charge on any atom is 0.279 e. The van der Waals surface area contributed by atoms with Crippen LogP contribution in [-0.2, 0) is 7.05 Å². The van der Waals surface area contributed by atoms with Crippen molar-refractivity contribution in [3.05, 3.63) is 59.8 Å². The van der Waals surface area contributed by atoms with Crippen LogP contribution < -0.4 is 0 Å². The van der Waals surface area contributed by atoms with Crippen LogP contribution in [0.1, 0.15) is 20.8 Å². The average molecular weight is 336 g/mol. The Kier molecular flexibility index (Phi) is 3.24. The molecule has 0 aliphatic carbocycles. The van der Waals surface area contributed by atoms with Gasteiger partial charge in [0.15, 0.2) is 0 Å². The molecule has 1 aromatic carbocycles. The molecular formula is C18H13FN4O2. The lowest BCUT2D eigenvalue weighted by Gasteiger charge is -2.07. The van der Waals surface area contributed by atoms with Gasteiger partial charge in [-0.3, -0.25) is 24.2 Å². The van der Waals surface area contributed by atoms with Gasteiger partial charge in [0, 0.05) is 43.2 Å². The molecule has 3 aromatic rings. The number of fused-ring (bicyclic) bond motifs is 1. The van der Waals surface area contributed by atoms with Crippen LogP contribution in [0, 0.1) is 5.82 Å². The van der Waals surface area contributed by atoms with E-state index in [9.17, 15) is 14.0 Å². The molecule has 6 nitrogen and oxygen atoms in total. The highest BCUT2D eigenvalue weighted by atomic mass is 19.1. The smallest absolute Gasteiger partial charge is 0.276 e. The molecule has 124 valence electrons. The van der Waals surface area contributed by atoms with Gasteiger partial charge in [0.1, 0.15) is 17.2 Å². The van der Waals surface area contributed by atoms with Crippen LogP contribution in [0.3, 0.4) is 0 Å². The molecule has 7 heteroatoms. The predicted octanol–water partition coefficient (Wildman–Crippen LogP) is 2.51. The SMILES string of the molecule is CN1C(=O)c2nccc(-c3cn(C)nc3-c3ccc(F)cc3)c2C1=O. The Morgan fingerprint density at radius 3 is 2.36 bits per heavy atom. The summed E-state index contributed by atoms with van der Waals surface area (Å²) in [6.07, 6.45) is 3.27. The molecule has 2 aromatic heterocycles. The first-order valence-corrected chi connectivity index (χ1v) is 7.58. The molecule has 0 radical (unpaired) electrons. The molecule has 0 fully saturated rings. The highest BCUT2D eigenvalue weighted by Crippen LogP contribution is 2.36. The Labute approximate surface area is 142 Å². The first-order valence-electron chi connectivity index (χ1n) is 7.58. The van der Waals surface area contributed by atoms with E-state index in [1.807, 2.05) is 0 Å². The minimum Gasteiger partial charge on any atom is -0.276 e. The number of nitrogens with zero attached hydrogens (tertiary/aromatic N) is 4. The summed E-state index contributed by atoms with van der Waals surface area (Å²) in [5, 5.41) is 4.44. The third kappa shape index (κ3) is 2.24. The Morgan fingerprint density at radius 1 is 0.920 bits per heavy atom. The zero-order chi connectivity index (χ0) is 17.7. The van der Waals surface area contributed by atoms with E-state index < -0.39 is 11.8 Å². The molecule has 25 heavy (non-hydrogen) atoms. The van der Waals surface area contributed by atoms with Crippen LogP contribution in [0.5, 0.6) is 0 Å². The van der Waals surface area contributed by atoms with Gasteiger partial charge in [0.05, 0.1) is 5.56 Å². The lowest BCUT2D eigenvalue weighted by Crippen LogP contribution is -2.24. The second kappa shape index (κ2) is 5.34. The number of benzene rings is 1. The minimum absolute atomic E-state index is 0.138. The van der Waals surface area contributed by atoms with Gasteiger partial charge in [0.25, 0.3) is 11.8 Å². The van der Waals surface area contributed by atoms with Crippen LogP contribution in [0.2, 0.25) is 0 Å². The molecule has 0 saturated carbocycles. The van der Waals surface area contributed by atoms with E-state index in [1.54, 1.807) is 36.1 Å². The molecular weight excluding hydrogens is 323 g/mol. The molecule has 2 amide bonds. The van der Waals surface area contributed by atoms with Crippen molar-refractivity contribution in [2.45, 2.75) is 0 Å². The molecule has 0 bridgehead atoms. The number of rotatable bonds is 2. The highest BCUT2D eigenvalue weighted by Gasteiger charge is 2.37. The van der Waals surface area contributed by atoms with Crippen molar-refractivity contribution in [3.63, 3.8) is 0 Å². The third-order valence-corrected chi connectivity index (χ3v) is 4.21. The minimum atomic E-state index is -0.422. The number of imide groups is 1. The fourth-order valence-corrected chi connectivity index (χ4v) is 2.99. The van der Waals surface area contributed by atoms with E-state index in [0.29, 0.717) is 22.4 Å². The highest BCUT2D eigenvalue weighted by molar-refractivity contribution is 6.23. The molecule has 4 rings (SSSR count). The average Bonchev–Trinajstić information content (AvgIpc) is 3.10. The zero-order valence-corrected chi connectivity index (χ0v) is 13.5. The van der Waals surface area contributed by atoms with E-state index in [0.717, 1.165) is 4.90 Å². The van der Waals surface area contributed by atoms with Gasteiger partial charge in [-0.05, 0) is 30.3 Å². The normalized spacial score (nSPS) is 13.5. The van der Waals surface area contributed by atoms with Crippen LogP contribution >= 0.6 is 0 Å². The fraction of sp³-hybridized carbons (Fsp3) is 0.111. The van der Waals surface area contributed by atoms with Gasteiger partial charge in [-0.15, -0.1) is 0 Å². The third-order valence-electron chi connectivity index (χ3n) is 4.21. The van der Waals surface area contributed by atoms with Gasteiger partial charge >= 0.3 is 0 Å². The molecule has 0 spiro atoms. The Morgan fingerprint density at radius 2 is 1.64 bits per heavy atom. The quantitative estimate of drug-likeness (QED) is 0.674. The van der Waals surface area contributed by atoms with Gasteiger partial charge in [-0.1, -0.05) is 0 Å². The second-order valence-electron chi connectivity index (χ2n) is 5.82. The number of hydrogen-bond donors (Lipinski definition) is 0. The van der Waals surface area contributed by atoms with Crippen LogP contribution in [0.4, 0.5) is 4.39 Å². The van der Waals surface area contributed by atoms with E-state index >= 15 is 0 Å². The Bertz CT molecular complexity index is 1020. The summed E-state index contributed by atoms with van der Waals surface area (Å²) in [5.41, 5.74) is 2.99. The van der Waals surface area contributed by atoms with Crippen LogP contribution in [-0.4, -0.2) is 38.5 Å². The topological polar surface area (TPSA) is 68.1 Å². The van der Waals surface area contributed by atoms with Crippen LogP contribution in [0.25, 0.3) is 22.4 Å². The van der Waals surface area contributed by atoms with E-state index in [4.69, 9.17) is 0 Å². The van der Waals surface area contributed by atoms with Gasteiger partial charge in [0.2, 0.25) is 0 Å². The molecule has 1 aliphatic heterocycles. The number of halogens is 1. The maximum atomic E-state index is 13.2. The van der Waals surface area contributed by atoms with Crippen molar-refractivity contribution in [1.82, 2.24) is 19.7 Å². The summed E-state index contributed by atoms with van der Waals surface area (Å²) < 4.78 is 14.8. The van der Waals surface area contributed by atoms with Crippen molar-refractivity contribution in [2.75, 3.05) is 7.05 Å². The number of carbonyl (C=O) groups excluding carboxylic acids is 2. The Hall–Kier alpha value is -3.35. The van der Waals surface area contributed by atoms with Crippen molar-refractivity contribution >= 4 is 11.8 Å². The Balaban J connectivity index is 1.95. The molecule has 0 saturated heterocycles. The largest absolute Gasteiger partial charge is 0.279 e. The van der Waals surface area contributed by atoms with Crippen molar-refractivity contribution in [1.29, 1.82) is 0 Å². The first kappa shape index (κ1) is 15.2. The monoisotopic (exact) mass is 336 g/mol. The summed E-state index contributed by atoms with van der Waals surface area (Å²) in [6.45, 7) is 0. The molecule has 0 atom stereocenters. The molecule has 1 aliphatic rings. The number of carbonyl (C=O) groups is 2. The maximum absolute atomic E-state index is 13.2. The van der Waals surface area contributed by atoms with Crippen LogP contribution in [0.15, 0.2) is 42.7 Å². The van der Waals surface area contributed by atoms with Crippen molar-refractivity contribution < 1.29 is 14.0 Å². The number of amides is 2. The molecule has 3 heterocycles. The van der Waals surface area contributed by atoms with Gasteiger partial charge in [-0.25, -0.2) is 4.39 Å². The fourth-order valence-electron chi connectivity index (χ4n) is 2.99. The van der Waals surface area contributed by atoms with E-state index in [-0.39, 0.29) is 17.1 Å². The standard InChI is InChI=1S/C18H13FN4O2/c1-22-9-13(15(21-22)10-3-5-11(19)6-4-10)12-7-8-20-16-14(12)17(24)23(2)18(16)25/h3-9H,1-2H3. The lowest BCUT2D eigenvalue weighted by molar-refractivity contribution is 0.0691. The number of pyridine rings is 1.